The molecule has 1 heterocycles. The molecule has 1 aromatic heterocycles. The average Bonchev–Trinajstić information content (AvgIpc) is 2.83. The molecule has 5 heteroatoms. The highest BCUT2D eigenvalue weighted by Crippen LogP contribution is 2.22. The first-order chi connectivity index (χ1) is 8.65. The number of hydrogen-bond acceptors (Lipinski definition) is 2. The van der Waals surface area contributed by atoms with Crippen LogP contribution in [0.5, 0.6) is 0 Å². The van der Waals surface area contributed by atoms with Crippen LogP contribution in [-0.2, 0) is 4.79 Å². The largest absolute Gasteiger partial charge is 0.322 e. The van der Waals surface area contributed by atoms with Gasteiger partial charge < -0.3 is 5.32 Å². The van der Waals surface area contributed by atoms with Crippen molar-refractivity contribution in [3.63, 3.8) is 0 Å². The van der Waals surface area contributed by atoms with Crippen molar-refractivity contribution in [2.24, 2.45) is 0 Å². The van der Waals surface area contributed by atoms with E-state index in [9.17, 15) is 4.79 Å². The van der Waals surface area contributed by atoms with Crippen LogP contribution in [0.15, 0.2) is 41.8 Å². The van der Waals surface area contributed by atoms with Gasteiger partial charge in [-0.25, -0.2) is 0 Å². The van der Waals surface area contributed by atoms with Gasteiger partial charge in [0.15, 0.2) is 0 Å². The molecule has 0 radical (unpaired) electrons. The molecule has 0 spiro atoms. The van der Waals surface area contributed by atoms with E-state index < -0.39 is 0 Å². The SMILES string of the molecule is O=C(/C=C/c1cccs1)Nc1ccc(Cl)cc1I. The Bertz CT molecular complexity index is 581. The van der Waals surface area contributed by atoms with Crippen molar-refractivity contribution >= 4 is 63.2 Å². The number of carbonyl (C=O) groups excluding carboxylic acids is 1. The lowest BCUT2D eigenvalue weighted by atomic mass is 10.3. The summed E-state index contributed by atoms with van der Waals surface area (Å²) in [6, 6.07) is 9.26. The summed E-state index contributed by atoms with van der Waals surface area (Å²) in [7, 11) is 0. The van der Waals surface area contributed by atoms with Gasteiger partial charge in [-0.3, -0.25) is 4.79 Å². The van der Waals surface area contributed by atoms with E-state index in [0.717, 1.165) is 14.1 Å². The first-order valence-electron chi connectivity index (χ1n) is 5.13. The first-order valence-corrected chi connectivity index (χ1v) is 7.46. The molecule has 92 valence electrons. The number of carbonyl (C=O) groups is 1. The van der Waals surface area contributed by atoms with Crippen LogP contribution >= 0.6 is 45.5 Å². The monoisotopic (exact) mass is 389 g/mol. The van der Waals surface area contributed by atoms with Crippen LogP contribution in [0.3, 0.4) is 0 Å². The quantitative estimate of drug-likeness (QED) is 0.600. The van der Waals surface area contributed by atoms with E-state index in [4.69, 9.17) is 11.6 Å². The number of hydrogen-bond donors (Lipinski definition) is 1. The van der Waals surface area contributed by atoms with Crippen LogP contribution in [0.25, 0.3) is 6.08 Å². The van der Waals surface area contributed by atoms with E-state index >= 15 is 0 Å². The Labute approximate surface area is 128 Å². The lowest BCUT2D eigenvalue weighted by molar-refractivity contribution is -0.111. The second kappa shape index (κ2) is 6.36. The molecular formula is C13H9ClINOS. The van der Waals surface area contributed by atoms with Crippen LogP contribution < -0.4 is 5.32 Å². The van der Waals surface area contributed by atoms with Gasteiger partial charge in [0.25, 0.3) is 0 Å². The molecule has 2 rings (SSSR count). The summed E-state index contributed by atoms with van der Waals surface area (Å²) in [5, 5.41) is 5.44. The van der Waals surface area contributed by atoms with Crippen LogP contribution in [0.2, 0.25) is 5.02 Å². The molecule has 18 heavy (non-hydrogen) atoms. The Morgan fingerprint density at radius 2 is 2.22 bits per heavy atom. The Morgan fingerprint density at radius 3 is 2.89 bits per heavy atom. The molecule has 0 saturated heterocycles. The van der Waals surface area contributed by atoms with Crippen molar-refractivity contribution in [1.82, 2.24) is 0 Å². The fraction of sp³-hybridized carbons (Fsp3) is 0. The summed E-state index contributed by atoms with van der Waals surface area (Å²) in [5.74, 6) is -0.149. The number of halogens is 2. The zero-order valence-electron chi connectivity index (χ0n) is 9.19. The smallest absolute Gasteiger partial charge is 0.248 e. The van der Waals surface area contributed by atoms with Crippen molar-refractivity contribution in [2.75, 3.05) is 5.32 Å². The van der Waals surface area contributed by atoms with Crippen LogP contribution in [0.4, 0.5) is 5.69 Å². The molecule has 0 unspecified atom stereocenters. The molecule has 0 aliphatic rings. The van der Waals surface area contributed by atoms with Gasteiger partial charge in [0, 0.05) is 19.5 Å². The molecule has 0 aliphatic heterocycles. The van der Waals surface area contributed by atoms with Crippen LogP contribution in [0.1, 0.15) is 4.88 Å². The standard InChI is InChI=1S/C13H9ClINOS/c14-9-3-5-12(11(15)8-9)16-13(17)6-4-10-2-1-7-18-10/h1-8H,(H,16,17)/b6-4+. The number of rotatable bonds is 3. The van der Waals surface area contributed by atoms with E-state index in [1.165, 1.54) is 6.08 Å². The molecule has 0 atom stereocenters. The highest BCUT2D eigenvalue weighted by Gasteiger charge is 2.03. The lowest BCUT2D eigenvalue weighted by Crippen LogP contribution is -2.08. The summed E-state index contributed by atoms with van der Waals surface area (Å²) in [5.41, 5.74) is 0.765. The van der Waals surface area contributed by atoms with Gasteiger partial charge in [-0.15, -0.1) is 11.3 Å². The minimum Gasteiger partial charge on any atom is -0.322 e. The van der Waals surface area contributed by atoms with Gasteiger partial charge in [0.1, 0.15) is 0 Å². The number of benzene rings is 1. The summed E-state index contributed by atoms with van der Waals surface area (Å²) in [6.07, 6.45) is 3.32. The lowest BCUT2D eigenvalue weighted by Gasteiger charge is -2.05. The fourth-order valence-electron chi connectivity index (χ4n) is 1.31. The van der Waals surface area contributed by atoms with E-state index in [1.807, 2.05) is 17.5 Å². The van der Waals surface area contributed by atoms with Gasteiger partial charge in [0.2, 0.25) is 5.91 Å². The Balaban J connectivity index is 2.03. The van der Waals surface area contributed by atoms with Gasteiger partial charge in [-0.05, 0) is 58.3 Å². The third kappa shape index (κ3) is 3.83. The predicted octanol–water partition coefficient (Wildman–Crippen LogP) is 4.66. The van der Waals surface area contributed by atoms with Gasteiger partial charge in [0.05, 0.1) is 5.69 Å². The zero-order valence-corrected chi connectivity index (χ0v) is 12.9. The summed E-state index contributed by atoms with van der Waals surface area (Å²) >= 11 is 9.58. The molecule has 0 aliphatic carbocycles. The highest BCUT2D eigenvalue weighted by atomic mass is 127. The van der Waals surface area contributed by atoms with Crippen molar-refractivity contribution in [1.29, 1.82) is 0 Å². The maximum absolute atomic E-state index is 11.7. The number of nitrogens with one attached hydrogen (secondary N) is 1. The molecule has 1 aromatic carbocycles. The van der Waals surface area contributed by atoms with Crippen molar-refractivity contribution in [3.8, 4) is 0 Å². The molecular weight excluding hydrogens is 381 g/mol. The predicted molar refractivity (Wildman–Crippen MR) is 86.2 cm³/mol. The van der Waals surface area contributed by atoms with E-state index in [2.05, 4.69) is 27.9 Å². The van der Waals surface area contributed by atoms with E-state index in [1.54, 1.807) is 35.6 Å². The van der Waals surface area contributed by atoms with Crippen molar-refractivity contribution < 1.29 is 4.79 Å². The Hall–Kier alpha value is -0.850. The molecule has 0 bridgehead atoms. The summed E-state index contributed by atoms with van der Waals surface area (Å²) < 4.78 is 0.915. The molecule has 2 aromatic rings. The van der Waals surface area contributed by atoms with Crippen LogP contribution in [0, 0.1) is 3.57 Å². The van der Waals surface area contributed by atoms with E-state index in [-0.39, 0.29) is 5.91 Å². The first kappa shape index (κ1) is 13.6. The second-order valence-electron chi connectivity index (χ2n) is 3.46. The molecule has 1 N–H and O–H groups in total. The second-order valence-corrected chi connectivity index (χ2v) is 6.04. The Kier molecular flexibility index (Phi) is 4.79. The summed E-state index contributed by atoms with van der Waals surface area (Å²) in [4.78, 5) is 12.8. The summed E-state index contributed by atoms with van der Waals surface area (Å²) in [6.45, 7) is 0. The normalized spacial score (nSPS) is 10.8. The minimum atomic E-state index is -0.149. The molecule has 0 fully saturated rings. The third-order valence-electron chi connectivity index (χ3n) is 2.13. The minimum absolute atomic E-state index is 0.149. The Morgan fingerprint density at radius 1 is 1.39 bits per heavy atom. The topological polar surface area (TPSA) is 29.1 Å². The fourth-order valence-corrected chi connectivity index (χ4v) is 2.93. The van der Waals surface area contributed by atoms with Crippen molar-refractivity contribution in [3.05, 3.63) is 55.3 Å². The van der Waals surface area contributed by atoms with Crippen LogP contribution in [-0.4, -0.2) is 5.91 Å². The van der Waals surface area contributed by atoms with Gasteiger partial charge in [-0.1, -0.05) is 17.7 Å². The van der Waals surface area contributed by atoms with Crippen molar-refractivity contribution in [2.45, 2.75) is 0 Å². The third-order valence-corrected chi connectivity index (χ3v) is 4.10. The number of anilines is 1. The number of thiophene rings is 1. The molecule has 1 amide bonds. The highest BCUT2D eigenvalue weighted by molar-refractivity contribution is 14.1. The van der Waals surface area contributed by atoms with Gasteiger partial charge >= 0.3 is 0 Å². The van der Waals surface area contributed by atoms with Gasteiger partial charge in [-0.2, -0.15) is 0 Å². The average molecular weight is 390 g/mol. The van der Waals surface area contributed by atoms with E-state index in [0.29, 0.717) is 5.02 Å². The maximum atomic E-state index is 11.7. The maximum Gasteiger partial charge on any atom is 0.248 e. The molecule has 2 nitrogen and oxygen atoms in total. The number of amides is 1. The zero-order chi connectivity index (χ0) is 13.0. The molecule has 0 saturated carbocycles.